The molecule has 0 radical (unpaired) electrons. The normalized spacial score (nSPS) is 12.0. The van der Waals surface area contributed by atoms with Gasteiger partial charge in [0.15, 0.2) is 0 Å². The zero-order valence-electron chi connectivity index (χ0n) is 5.66. The lowest BCUT2D eigenvalue weighted by Gasteiger charge is -2.10. The monoisotopic (exact) mass is 184 g/mol. The molecule has 2 nitrogen and oxygen atoms in total. The van der Waals surface area contributed by atoms with Crippen molar-refractivity contribution in [3.05, 3.63) is 0 Å². The first-order valence-corrected chi connectivity index (χ1v) is 6.52. The molecule has 0 aliphatic rings. The van der Waals surface area contributed by atoms with Crippen molar-refractivity contribution in [3.8, 4) is 0 Å². The lowest BCUT2D eigenvalue weighted by Crippen LogP contribution is -2.22. The van der Waals surface area contributed by atoms with Crippen LogP contribution in [-0.2, 0) is 9.47 Å². The zero-order valence-corrected chi connectivity index (χ0v) is 8.79. The Morgan fingerprint density at radius 2 is 2.11 bits per heavy atom. The molecule has 0 fully saturated rings. The summed E-state index contributed by atoms with van der Waals surface area (Å²) in [5.41, 5.74) is 0. The van der Waals surface area contributed by atoms with Crippen molar-refractivity contribution >= 4 is 32.0 Å². The van der Waals surface area contributed by atoms with Crippen LogP contribution in [0.3, 0.4) is 0 Å². The van der Waals surface area contributed by atoms with E-state index in [1.165, 1.54) is 0 Å². The maximum atomic E-state index is 4.99. The Kier molecular flexibility index (Phi) is 7.60. The predicted octanol–water partition coefficient (Wildman–Crippen LogP) is 0.267. The summed E-state index contributed by atoms with van der Waals surface area (Å²) in [6.45, 7) is 0. The molecule has 5 heteroatoms. The molecule has 0 saturated heterocycles. The van der Waals surface area contributed by atoms with E-state index < -0.39 is 0 Å². The third-order valence-electron chi connectivity index (χ3n) is 0.971. The maximum Gasteiger partial charge on any atom is 0.135 e. The number of rotatable bonds is 5. The molecular formula is C4H12O2S2Si. The molecule has 56 valence electrons. The first-order chi connectivity index (χ1) is 4.35. The minimum Gasteiger partial charge on any atom is -0.360 e. The number of ether oxygens (including phenoxy) is 2. The van der Waals surface area contributed by atoms with E-state index in [-0.39, 0.29) is 15.4 Å². The maximum absolute atomic E-state index is 4.99. The highest BCUT2D eigenvalue weighted by Gasteiger charge is 2.03. The summed E-state index contributed by atoms with van der Waals surface area (Å²) in [4.78, 5) is 0. The molecule has 0 atom stereocenters. The van der Waals surface area contributed by atoms with E-state index in [2.05, 4.69) is 11.7 Å². The smallest absolute Gasteiger partial charge is 0.135 e. The molecular weight excluding hydrogens is 172 g/mol. The van der Waals surface area contributed by atoms with Gasteiger partial charge in [-0.25, -0.2) is 0 Å². The van der Waals surface area contributed by atoms with Gasteiger partial charge in [0.25, 0.3) is 0 Å². The standard InChI is InChI=1S/C4H12O2S2Si/c1-5-4(6-2)9-3-8-7/h4,7H,3,9H2,1-2H3. The SMILES string of the molecule is COC(OC)[SiH2]CSS. The second-order valence-electron chi connectivity index (χ2n) is 1.52. The van der Waals surface area contributed by atoms with Crippen molar-refractivity contribution in [2.45, 2.75) is 5.91 Å². The van der Waals surface area contributed by atoms with Gasteiger partial charge in [-0.15, -0.1) is 22.5 Å². The third kappa shape index (κ3) is 5.29. The molecule has 0 aromatic heterocycles. The fraction of sp³-hybridized carbons (Fsp3) is 1.00. The summed E-state index contributed by atoms with van der Waals surface area (Å²) in [7, 11) is 4.67. The number of thiol groups is 1. The molecule has 0 saturated carbocycles. The van der Waals surface area contributed by atoms with Crippen LogP contribution >= 0.6 is 22.5 Å². The van der Waals surface area contributed by atoms with Crippen LogP contribution in [0.2, 0.25) is 0 Å². The first-order valence-electron chi connectivity index (χ1n) is 2.67. The minimum atomic E-state index is -0.233. The van der Waals surface area contributed by atoms with Gasteiger partial charge in [-0.3, -0.25) is 0 Å². The lowest BCUT2D eigenvalue weighted by molar-refractivity contribution is -0.0436. The summed E-state index contributed by atoms with van der Waals surface area (Å²) in [5, 5.41) is 1.09. The van der Waals surface area contributed by atoms with E-state index in [9.17, 15) is 0 Å². The van der Waals surface area contributed by atoms with E-state index in [1.54, 1.807) is 25.0 Å². The molecule has 0 bridgehead atoms. The van der Waals surface area contributed by atoms with Crippen molar-refractivity contribution in [3.63, 3.8) is 0 Å². The van der Waals surface area contributed by atoms with Gasteiger partial charge in [0.05, 0.1) is 0 Å². The average molecular weight is 184 g/mol. The van der Waals surface area contributed by atoms with Gasteiger partial charge in [-0.2, -0.15) is 0 Å². The van der Waals surface area contributed by atoms with Crippen LogP contribution in [0, 0.1) is 0 Å². The molecule has 0 unspecified atom stereocenters. The van der Waals surface area contributed by atoms with Crippen molar-refractivity contribution < 1.29 is 9.47 Å². The van der Waals surface area contributed by atoms with Crippen molar-refractivity contribution in [2.75, 3.05) is 19.6 Å². The summed E-state index contributed by atoms with van der Waals surface area (Å²) in [5.74, 6) is 0.0737. The van der Waals surface area contributed by atoms with Crippen LogP contribution in [0.4, 0.5) is 0 Å². The van der Waals surface area contributed by atoms with Crippen LogP contribution in [0.25, 0.3) is 0 Å². The molecule has 9 heavy (non-hydrogen) atoms. The highest BCUT2D eigenvalue weighted by atomic mass is 33.1. The highest BCUT2D eigenvalue weighted by molar-refractivity contribution is 8.69. The second-order valence-corrected chi connectivity index (χ2v) is 5.43. The van der Waals surface area contributed by atoms with Gasteiger partial charge in [0.2, 0.25) is 0 Å². The van der Waals surface area contributed by atoms with E-state index in [0.717, 1.165) is 5.38 Å². The topological polar surface area (TPSA) is 18.5 Å². The summed E-state index contributed by atoms with van der Waals surface area (Å²) in [6, 6.07) is 0. The number of methoxy groups -OCH3 is 2. The molecule has 0 heterocycles. The average Bonchev–Trinajstić information content (AvgIpc) is 1.91. The van der Waals surface area contributed by atoms with Gasteiger partial charge in [0.1, 0.15) is 15.4 Å². The second kappa shape index (κ2) is 6.95. The molecule has 0 amide bonds. The summed E-state index contributed by atoms with van der Waals surface area (Å²) >= 11 is 4.01. The van der Waals surface area contributed by atoms with E-state index in [0.29, 0.717) is 0 Å². The Bertz CT molecular complexity index is 60.5. The molecule has 0 spiro atoms. The Morgan fingerprint density at radius 3 is 2.44 bits per heavy atom. The van der Waals surface area contributed by atoms with Crippen LogP contribution in [0.1, 0.15) is 0 Å². The molecule has 0 aromatic rings. The Morgan fingerprint density at radius 1 is 1.56 bits per heavy atom. The van der Waals surface area contributed by atoms with Gasteiger partial charge >= 0.3 is 0 Å². The van der Waals surface area contributed by atoms with E-state index in [1.807, 2.05) is 0 Å². The summed E-state index contributed by atoms with van der Waals surface area (Å²) < 4.78 is 9.99. The Hall–Kier alpha value is 0.837. The van der Waals surface area contributed by atoms with Crippen LogP contribution in [0.15, 0.2) is 0 Å². The van der Waals surface area contributed by atoms with Gasteiger partial charge in [-0.05, 0) is 5.38 Å². The van der Waals surface area contributed by atoms with Crippen molar-refractivity contribution in [1.29, 1.82) is 0 Å². The largest absolute Gasteiger partial charge is 0.360 e. The van der Waals surface area contributed by atoms with E-state index in [4.69, 9.17) is 9.47 Å². The Balaban J connectivity index is 3.09. The van der Waals surface area contributed by atoms with Crippen LogP contribution < -0.4 is 0 Å². The van der Waals surface area contributed by atoms with Gasteiger partial charge in [-0.1, -0.05) is 0 Å². The highest BCUT2D eigenvalue weighted by Crippen LogP contribution is 2.03. The number of hydrogen-bond donors (Lipinski definition) is 1. The minimum absolute atomic E-state index is 0.0737. The van der Waals surface area contributed by atoms with Crippen molar-refractivity contribution in [1.82, 2.24) is 0 Å². The van der Waals surface area contributed by atoms with Crippen LogP contribution in [-0.4, -0.2) is 35.0 Å². The predicted molar refractivity (Wildman–Crippen MR) is 47.8 cm³/mol. The molecule has 0 N–H and O–H groups in total. The molecule has 0 aliphatic carbocycles. The fourth-order valence-electron chi connectivity index (χ4n) is 0.481. The molecule has 0 aromatic carbocycles. The van der Waals surface area contributed by atoms with Gasteiger partial charge in [0, 0.05) is 14.2 Å². The first kappa shape index (κ1) is 9.84. The Labute approximate surface area is 67.3 Å². The quantitative estimate of drug-likeness (QED) is 0.286. The van der Waals surface area contributed by atoms with E-state index >= 15 is 0 Å². The van der Waals surface area contributed by atoms with Crippen molar-refractivity contribution in [2.24, 2.45) is 0 Å². The van der Waals surface area contributed by atoms with Crippen LogP contribution in [0.5, 0.6) is 0 Å². The molecule has 0 rings (SSSR count). The molecule has 0 aliphatic heterocycles. The fourth-order valence-corrected chi connectivity index (χ4v) is 3.09. The number of hydrogen-bond acceptors (Lipinski definition) is 4. The summed E-state index contributed by atoms with van der Waals surface area (Å²) in [6.07, 6.45) is 0. The lowest BCUT2D eigenvalue weighted by atomic mass is 11.3. The van der Waals surface area contributed by atoms with Gasteiger partial charge < -0.3 is 9.47 Å². The third-order valence-corrected chi connectivity index (χ3v) is 5.42. The zero-order chi connectivity index (χ0) is 7.11.